The zero-order chi connectivity index (χ0) is 13.4. The highest BCUT2D eigenvalue weighted by Crippen LogP contribution is 2.20. The molecular weight excluding hydrogens is 228 g/mol. The van der Waals surface area contributed by atoms with Crippen molar-refractivity contribution in [2.45, 2.75) is 25.5 Å². The number of aliphatic hydroxyl groups excluding tert-OH is 2. The van der Waals surface area contributed by atoms with Crippen molar-refractivity contribution in [1.29, 1.82) is 5.26 Å². The third-order valence-electron chi connectivity index (χ3n) is 3.00. The molecule has 0 heterocycles. The van der Waals surface area contributed by atoms with Crippen molar-refractivity contribution >= 4 is 0 Å². The first-order valence-electron chi connectivity index (χ1n) is 6.14. The van der Waals surface area contributed by atoms with Gasteiger partial charge < -0.3 is 10.2 Å². The lowest BCUT2D eigenvalue weighted by molar-refractivity contribution is 0.0474. The Kier molecular flexibility index (Phi) is 6.37. The number of aliphatic hydroxyl groups is 2. The Morgan fingerprint density at radius 2 is 2.00 bits per heavy atom. The second kappa shape index (κ2) is 7.83. The van der Waals surface area contributed by atoms with E-state index in [2.05, 4.69) is 6.07 Å². The van der Waals surface area contributed by atoms with Crippen LogP contribution in [0.5, 0.6) is 0 Å². The predicted molar refractivity (Wildman–Crippen MR) is 69.8 cm³/mol. The molecule has 0 aliphatic rings. The van der Waals surface area contributed by atoms with E-state index >= 15 is 0 Å². The molecule has 98 valence electrons. The molecule has 0 aliphatic carbocycles. The Morgan fingerprint density at radius 3 is 2.56 bits per heavy atom. The molecule has 4 nitrogen and oxygen atoms in total. The summed E-state index contributed by atoms with van der Waals surface area (Å²) in [6.07, 6.45) is -0.357. The summed E-state index contributed by atoms with van der Waals surface area (Å²) >= 11 is 0. The summed E-state index contributed by atoms with van der Waals surface area (Å²) in [5.41, 5.74) is 1.14. The van der Waals surface area contributed by atoms with Crippen LogP contribution in [0.25, 0.3) is 0 Å². The van der Waals surface area contributed by atoms with E-state index in [-0.39, 0.29) is 12.6 Å². The van der Waals surface area contributed by atoms with E-state index in [1.807, 2.05) is 42.2 Å². The van der Waals surface area contributed by atoms with Crippen LogP contribution in [0.2, 0.25) is 0 Å². The molecular formula is C14H20N2O2. The molecule has 0 aliphatic heterocycles. The normalized spacial score (nSPS) is 14.2. The SMILES string of the molecule is CC(c1ccccc1)N(CCC#N)CC(O)CO. The van der Waals surface area contributed by atoms with Crippen molar-refractivity contribution in [3.8, 4) is 6.07 Å². The van der Waals surface area contributed by atoms with Crippen LogP contribution in [0.15, 0.2) is 30.3 Å². The number of rotatable bonds is 7. The van der Waals surface area contributed by atoms with Gasteiger partial charge in [-0.15, -0.1) is 0 Å². The summed E-state index contributed by atoms with van der Waals surface area (Å²) in [4.78, 5) is 2.01. The van der Waals surface area contributed by atoms with Crippen LogP contribution >= 0.6 is 0 Å². The summed E-state index contributed by atoms with van der Waals surface area (Å²) in [6, 6.07) is 12.2. The molecule has 0 aromatic heterocycles. The van der Waals surface area contributed by atoms with E-state index in [0.29, 0.717) is 19.5 Å². The maximum Gasteiger partial charge on any atom is 0.0897 e. The van der Waals surface area contributed by atoms with Crippen molar-refractivity contribution in [1.82, 2.24) is 4.90 Å². The highest BCUT2D eigenvalue weighted by atomic mass is 16.3. The lowest BCUT2D eigenvalue weighted by atomic mass is 10.1. The summed E-state index contributed by atoms with van der Waals surface area (Å²) in [5, 5.41) is 27.1. The van der Waals surface area contributed by atoms with Gasteiger partial charge in [-0.05, 0) is 12.5 Å². The maximum absolute atomic E-state index is 9.55. The van der Waals surface area contributed by atoms with Gasteiger partial charge in [0.1, 0.15) is 0 Å². The van der Waals surface area contributed by atoms with Crippen LogP contribution in [0, 0.1) is 11.3 Å². The smallest absolute Gasteiger partial charge is 0.0897 e. The van der Waals surface area contributed by atoms with Crippen molar-refractivity contribution in [2.75, 3.05) is 19.7 Å². The zero-order valence-electron chi connectivity index (χ0n) is 10.7. The van der Waals surface area contributed by atoms with Gasteiger partial charge in [-0.2, -0.15) is 5.26 Å². The molecule has 0 amide bonds. The van der Waals surface area contributed by atoms with E-state index < -0.39 is 6.10 Å². The Labute approximate surface area is 108 Å². The number of nitriles is 1. The van der Waals surface area contributed by atoms with Crippen LogP contribution in [0.3, 0.4) is 0 Å². The van der Waals surface area contributed by atoms with Gasteiger partial charge in [-0.3, -0.25) is 4.90 Å². The Hall–Kier alpha value is -1.41. The minimum absolute atomic E-state index is 0.112. The highest BCUT2D eigenvalue weighted by Gasteiger charge is 2.18. The average Bonchev–Trinajstić information content (AvgIpc) is 2.43. The molecule has 1 aromatic carbocycles. The second-order valence-electron chi connectivity index (χ2n) is 4.33. The topological polar surface area (TPSA) is 67.5 Å². The average molecular weight is 248 g/mol. The third-order valence-corrected chi connectivity index (χ3v) is 3.00. The predicted octanol–water partition coefficient (Wildman–Crippen LogP) is 1.32. The molecule has 0 fully saturated rings. The van der Waals surface area contributed by atoms with Crippen LogP contribution < -0.4 is 0 Å². The van der Waals surface area contributed by atoms with Crippen LogP contribution in [-0.2, 0) is 0 Å². The standard InChI is InChI=1S/C14H20N2O2/c1-12(13-6-3-2-4-7-13)16(9-5-8-15)10-14(18)11-17/h2-4,6-7,12,14,17-18H,5,9-11H2,1H3. The van der Waals surface area contributed by atoms with E-state index in [1.54, 1.807) is 0 Å². The quantitative estimate of drug-likeness (QED) is 0.763. The molecule has 1 rings (SSSR count). The van der Waals surface area contributed by atoms with Crippen molar-refractivity contribution in [2.24, 2.45) is 0 Å². The van der Waals surface area contributed by atoms with Gasteiger partial charge in [-0.1, -0.05) is 30.3 Å². The third kappa shape index (κ3) is 4.46. The highest BCUT2D eigenvalue weighted by molar-refractivity contribution is 5.18. The first-order chi connectivity index (χ1) is 8.69. The molecule has 0 radical (unpaired) electrons. The minimum atomic E-state index is -0.769. The fourth-order valence-corrected chi connectivity index (χ4v) is 1.91. The molecule has 2 N–H and O–H groups in total. The van der Waals surface area contributed by atoms with Crippen LogP contribution in [-0.4, -0.2) is 40.9 Å². The van der Waals surface area contributed by atoms with Gasteiger partial charge in [0.15, 0.2) is 0 Å². The monoisotopic (exact) mass is 248 g/mol. The molecule has 0 bridgehead atoms. The van der Waals surface area contributed by atoms with Gasteiger partial charge in [0.2, 0.25) is 0 Å². The fraction of sp³-hybridized carbons (Fsp3) is 0.500. The maximum atomic E-state index is 9.55. The Balaban J connectivity index is 2.72. The van der Waals surface area contributed by atoms with E-state index in [9.17, 15) is 5.11 Å². The fourth-order valence-electron chi connectivity index (χ4n) is 1.91. The molecule has 4 heteroatoms. The number of nitrogens with zero attached hydrogens (tertiary/aromatic N) is 2. The molecule has 2 atom stereocenters. The summed E-state index contributed by atoms with van der Waals surface area (Å²) in [5.74, 6) is 0. The van der Waals surface area contributed by atoms with E-state index in [0.717, 1.165) is 5.56 Å². The Bertz CT molecular complexity index is 375. The number of benzene rings is 1. The Morgan fingerprint density at radius 1 is 1.33 bits per heavy atom. The molecule has 0 spiro atoms. The van der Waals surface area contributed by atoms with Crippen molar-refractivity contribution in [3.05, 3.63) is 35.9 Å². The summed E-state index contributed by atoms with van der Waals surface area (Å²) in [6.45, 7) is 2.74. The van der Waals surface area contributed by atoms with Crippen LogP contribution in [0.4, 0.5) is 0 Å². The van der Waals surface area contributed by atoms with E-state index in [1.165, 1.54) is 0 Å². The lowest BCUT2D eigenvalue weighted by Crippen LogP contribution is -2.36. The van der Waals surface area contributed by atoms with Crippen molar-refractivity contribution < 1.29 is 10.2 Å². The van der Waals surface area contributed by atoms with Gasteiger partial charge in [0, 0.05) is 25.6 Å². The van der Waals surface area contributed by atoms with Gasteiger partial charge in [0.05, 0.1) is 18.8 Å². The van der Waals surface area contributed by atoms with Crippen molar-refractivity contribution in [3.63, 3.8) is 0 Å². The molecule has 2 unspecified atom stereocenters. The van der Waals surface area contributed by atoms with Gasteiger partial charge in [0.25, 0.3) is 0 Å². The summed E-state index contributed by atoms with van der Waals surface area (Å²) in [7, 11) is 0. The first-order valence-corrected chi connectivity index (χ1v) is 6.14. The first kappa shape index (κ1) is 14.7. The number of hydrogen-bond acceptors (Lipinski definition) is 4. The van der Waals surface area contributed by atoms with E-state index in [4.69, 9.17) is 10.4 Å². The lowest BCUT2D eigenvalue weighted by Gasteiger charge is -2.30. The van der Waals surface area contributed by atoms with Crippen LogP contribution in [0.1, 0.15) is 24.9 Å². The summed E-state index contributed by atoms with van der Waals surface area (Å²) < 4.78 is 0. The van der Waals surface area contributed by atoms with Gasteiger partial charge in [-0.25, -0.2) is 0 Å². The second-order valence-corrected chi connectivity index (χ2v) is 4.33. The number of hydrogen-bond donors (Lipinski definition) is 2. The minimum Gasteiger partial charge on any atom is -0.394 e. The molecule has 1 aromatic rings. The molecule has 18 heavy (non-hydrogen) atoms. The zero-order valence-corrected chi connectivity index (χ0v) is 10.7. The van der Waals surface area contributed by atoms with Gasteiger partial charge >= 0.3 is 0 Å². The molecule has 0 saturated heterocycles. The largest absolute Gasteiger partial charge is 0.394 e. The molecule has 0 saturated carbocycles.